The number of nitrogens with one attached hydrogen (secondary N) is 1. The van der Waals surface area contributed by atoms with Crippen LogP contribution in [0.25, 0.3) is 0 Å². The van der Waals surface area contributed by atoms with Crippen LogP contribution in [-0.4, -0.2) is 184 Å². The van der Waals surface area contributed by atoms with Crippen molar-refractivity contribution in [3.63, 3.8) is 0 Å². The van der Waals surface area contributed by atoms with E-state index in [1.54, 1.807) is 53.5 Å². The standard InChI is InChI=1S/C66H98N8O14/c1-40-17-13-12-14-18-42(3)54(83-9)33-50-22-20-47(8)66(82,88-50)60(78)61(79)74-24-16-15-19-51(74)62(80)86-55(34-52(75)43(4)30-46(7)58(77)59(85-11)57(76)45(6)29-40)44(5)31-48-21-23-53(56(32-48)84-10)87-65(81)71-39-49-37-69-64(70-38-49)73-27-25-72(26-28-73)63-67-35-41(2)36-68-63/h12-14,17-18,30,35-38,40,43-45,47-48,50-56,58-59,75,77,82H,15-16,19-29,31-34,39H2,1-11H3,(H,71,81)/b14-12+,17-13+,42-18+,46-30+/t40-,43-,44-,45-,47-,48+,50+,51+,52-,53-,54+,55+,56-,58-,59+,66-/m1/s1. The van der Waals surface area contributed by atoms with Crippen molar-refractivity contribution in [3.05, 3.63) is 83.5 Å². The number of Topliss-reactive ketones (excluding diaryl/α,β-unsaturated/α-hetero) is 2. The van der Waals surface area contributed by atoms with Crippen LogP contribution in [0.15, 0.2) is 72.4 Å². The molecular formula is C66H98N8O14. The number of allylic oxidation sites excluding steroid dienone is 5. The van der Waals surface area contributed by atoms with Gasteiger partial charge >= 0.3 is 12.1 Å². The number of cyclic esters (lactones) is 1. The van der Waals surface area contributed by atoms with Crippen molar-refractivity contribution >= 4 is 41.4 Å². The quantitative estimate of drug-likeness (QED) is 0.0990. The number of hydrogen-bond donors (Lipinski definition) is 4. The number of amides is 2. The summed E-state index contributed by atoms with van der Waals surface area (Å²) in [6, 6.07) is -1.17. The maximum absolute atomic E-state index is 14.7. The van der Waals surface area contributed by atoms with Crippen LogP contribution >= 0.6 is 0 Å². The van der Waals surface area contributed by atoms with Crippen molar-refractivity contribution in [3.8, 4) is 0 Å². The summed E-state index contributed by atoms with van der Waals surface area (Å²) in [7, 11) is 4.54. The van der Waals surface area contributed by atoms with Crippen LogP contribution in [0.1, 0.15) is 137 Å². The summed E-state index contributed by atoms with van der Waals surface area (Å²) in [6.07, 6.45) is 16.2. The van der Waals surface area contributed by atoms with Gasteiger partial charge in [0.2, 0.25) is 17.7 Å². The van der Waals surface area contributed by atoms with Gasteiger partial charge in [-0.05, 0) is 119 Å². The predicted octanol–water partition coefficient (Wildman–Crippen LogP) is 7.12. The molecule has 5 aliphatic rings. The number of aliphatic hydroxyl groups is 3. The molecule has 2 amide bonds. The number of fused-ring (bicyclic) bond motifs is 3. The van der Waals surface area contributed by atoms with Gasteiger partial charge in [-0.25, -0.2) is 29.5 Å². The number of rotatable bonds is 11. The Hall–Kier alpha value is -6.01. The number of piperidine rings is 1. The van der Waals surface area contributed by atoms with E-state index < -0.39 is 102 Å². The Morgan fingerprint density at radius 3 is 2.08 bits per heavy atom. The highest BCUT2D eigenvalue weighted by molar-refractivity contribution is 6.39. The van der Waals surface area contributed by atoms with Gasteiger partial charge in [-0.15, -0.1) is 0 Å². The van der Waals surface area contributed by atoms with E-state index in [4.69, 9.17) is 28.4 Å². The molecule has 22 nitrogen and oxygen atoms in total. The SMILES string of the molecule is CO[C@H]1C[C@@H]2CC[C@@H](C)[C@@](O)(O2)C(=O)C(=O)N2CCCC[C@H]2C(=O)O[C@H]([C@H](C)C[C@@H]2CC[C@@H](OC(=O)NCc3cnc(N4CCN(c5ncc(C)cn5)CC4)nc3)[C@H](OC)C2)C[C@@H](O)[C@H](C)/C=C(\C)[C@@H](O)[C@@H](OC)C(=O)[C@H](C)C[C@H](C)/C=C/C=C/C=C/1C. The van der Waals surface area contributed by atoms with Gasteiger partial charge in [0.25, 0.3) is 11.7 Å². The van der Waals surface area contributed by atoms with Crippen LogP contribution in [0.4, 0.5) is 16.7 Å². The van der Waals surface area contributed by atoms with E-state index >= 15 is 0 Å². The topological polar surface area (TPSA) is 275 Å². The van der Waals surface area contributed by atoms with Crippen LogP contribution in [0, 0.1) is 42.4 Å². The number of aliphatic hydroxyl groups excluding tert-OH is 2. The second-order valence-corrected chi connectivity index (χ2v) is 25.4. The number of nitrogens with zero attached hydrogens (tertiary/aromatic N) is 7. The number of ketones is 2. The lowest BCUT2D eigenvalue weighted by atomic mass is 9.78. The third kappa shape index (κ3) is 18.3. The lowest BCUT2D eigenvalue weighted by Crippen LogP contribution is -2.61. The number of ether oxygens (including phenoxy) is 6. The van der Waals surface area contributed by atoms with E-state index in [0.717, 1.165) is 24.2 Å². The summed E-state index contributed by atoms with van der Waals surface area (Å²) in [5.41, 5.74) is 3.00. The number of piperazine rings is 1. The van der Waals surface area contributed by atoms with E-state index in [1.807, 2.05) is 77.4 Å². The molecule has 4 aliphatic heterocycles. The van der Waals surface area contributed by atoms with E-state index in [0.29, 0.717) is 100 Å². The second kappa shape index (κ2) is 32.6. The minimum absolute atomic E-state index is 0.00425. The average molecular weight is 1230 g/mol. The Balaban J connectivity index is 1.04. The zero-order valence-corrected chi connectivity index (χ0v) is 53.6. The van der Waals surface area contributed by atoms with Gasteiger partial charge in [-0.3, -0.25) is 14.4 Å². The van der Waals surface area contributed by atoms with Crippen LogP contribution in [0.5, 0.6) is 0 Å². The highest BCUT2D eigenvalue weighted by Gasteiger charge is 2.53. The number of aryl methyl sites for hydroxylation is 1. The number of hydrogen-bond acceptors (Lipinski definition) is 20. The van der Waals surface area contributed by atoms with Crippen molar-refractivity contribution in [1.82, 2.24) is 30.2 Å². The first-order valence-electron chi connectivity index (χ1n) is 31.7. The molecule has 0 aromatic carbocycles. The van der Waals surface area contributed by atoms with Crippen LogP contribution < -0.4 is 15.1 Å². The molecular weight excluding hydrogens is 1130 g/mol. The second-order valence-electron chi connectivity index (χ2n) is 25.4. The molecule has 2 bridgehead atoms. The Bertz CT molecular complexity index is 2760. The van der Waals surface area contributed by atoms with Gasteiger partial charge in [-0.1, -0.05) is 71.1 Å². The van der Waals surface area contributed by atoms with Crippen molar-refractivity contribution in [1.29, 1.82) is 0 Å². The Morgan fingerprint density at radius 1 is 0.761 bits per heavy atom. The molecule has 4 N–H and O–H groups in total. The highest BCUT2D eigenvalue weighted by Crippen LogP contribution is 2.38. The Labute approximate surface area is 519 Å². The molecule has 7 rings (SSSR count). The number of methoxy groups -OCH3 is 3. The number of carbonyl (C=O) groups is 5. The van der Waals surface area contributed by atoms with Gasteiger partial charge < -0.3 is 63.8 Å². The normalized spacial score (nSPS) is 34.7. The number of carbonyl (C=O) groups excluding carboxylic acids is 5. The first kappa shape index (κ1) is 69.5. The van der Waals surface area contributed by atoms with E-state index in [-0.39, 0.29) is 49.5 Å². The van der Waals surface area contributed by atoms with Gasteiger partial charge in [0.1, 0.15) is 30.5 Å². The summed E-state index contributed by atoms with van der Waals surface area (Å²) >= 11 is 0. The molecule has 22 heteroatoms. The van der Waals surface area contributed by atoms with Crippen LogP contribution in [0.2, 0.25) is 0 Å². The fraction of sp³-hybridized carbons (Fsp3) is 0.682. The third-order valence-corrected chi connectivity index (χ3v) is 18.6. The van der Waals surface area contributed by atoms with Crippen LogP contribution in [-0.2, 0) is 54.1 Å². The molecule has 88 heavy (non-hydrogen) atoms. The molecule has 3 saturated heterocycles. The largest absolute Gasteiger partial charge is 0.460 e. The summed E-state index contributed by atoms with van der Waals surface area (Å²) in [5, 5.41) is 38.6. The summed E-state index contributed by atoms with van der Waals surface area (Å²) in [6.45, 7) is 17.9. The van der Waals surface area contributed by atoms with Gasteiger partial charge in [0.05, 0.1) is 24.4 Å². The van der Waals surface area contributed by atoms with Crippen molar-refractivity contribution < 1.29 is 67.7 Å². The minimum Gasteiger partial charge on any atom is -0.460 e. The van der Waals surface area contributed by atoms with E-state index in [9.17, 15) is 39.3 Å². The molecule has 0 unspecified atom stereocenters. The Morgan fingerprint density at radius 2 is 1.43 bits per heavy atom. The van der Waals surface area contributed by atoms with Crippen molar-refractivity contribution in [2.45, 2.75) is 200 Å². The fourth-order valence-corrected chi connectivity index (χ4v) is 13.0. The third-order valence-electron chi connectivity index (χ3n) is 18.6. The van der Waals surface area contributed by atoms with Gasteiger partial charge in [0, 0.05) is 122 Å². The maximum atomic E-state index is 14.7. The predicted molar refractivity (Wildman–Crippen MR) is 330 cm³/mol. The van der Waals surface area contributed by atoms with E-state index in [2.05, 4.69) is 35.1 Å². The molecule has 486 valence electrons. The molecule has 0 spiro atoms. The zero-order valence-electron chi connectivity index (χ0n) is 53.6. The first-order chi connectivity index (χ1) is 42.0. The molecule has 2 aromatic heterocycles. The van der Waals surface area contributed by atoms with E-state index in [1.165, 1.54) is 12.0 Å². The molecule has 16 atom stereocenters. The van der Waals surface area contributed by atoms with Crippen molar-refractivity contribution in [2.75, 3.05) is 63.9 Å². The lowest BCUT2D eigenvalue weighted by Gasteiger charge is -2.43. The van der Waals surface area contributed by atoms with Gasteiger partial charge in [-0.2, -0.15) is 0 Å². The molecule has 2 aromatic rings. The van der Waals surface area contributed by atoms with Gasteiger partial charge in [0.15, 0.2) is 5.78 Å². The minimum atomic E-state index is -2.46. The Kier molecular flexibility index (Phi) is 25.8. The number of anilines is 2. The fourth-order valence-electron chi connectivity index (χ4n) is 13.0. The summed E-state index contributed by atoms with van der Waals surface area (Å²) < 4.78 is 36.1. The summed E-state index contributed by atoms with van der Waals surface area (Å²) in [4.78, 5) is 94.4. The molecule has 1 aliphatic carbocycles. The number of aromatic nitrogens is 4. The van der Waals surface area contributed by atoms with Crippen LogP contribution in [0.3, 0.4) is 0 Å². The first-order valence-corrected chi connectivity index (χ1v) is 31.7. The van der Waals surface area contributed by atoms with Crippen molar-refractivity contribution in [2.24, 2.45) is 35.5 Å². The molecule has 1 saturated carbocycles. The summed E-state index contributed by atoms with van der Waals surface area (Å²) in [5.74, 6) is -6.48. The average Bonchev–Trinajstić information content (AvgIpc) is 3.70. The zero-order chi connectivity index (χ0) is 63.8. The molecule has 6 heterocycles. The number of esters is 1. The lowest BCUT2D eigenvalue weighted by molar-refractivity contribution is -0.265. The highest BCUT2D eigenvalue weighted by atomic mass is 16.6. The monoisotopic (exact) mass is 1230 g/mol. The maximum Gasteiger partial charge on any atom is 0.407 e. The number of alkyl carbamates (subject to hydrolysis) is 1. The molecule has 4 fully saturated rings. The smallest absolute Gasteiger partial charge is 0.407 e. The molecule has 0 radical (unpaired) electrons.